The third kappa shape index (κ3) is 2.95. The summed E-state index contributed by atoms with van der Waals surface area (Å²) in [5.41, 5.74) is 1.43. The van der Waals surface area contributed by atoms with Gasteiger partial charge in [-0.15, -0.1) is 0 Å². The van der Waals surface area contributed by atoms with Gasteiger partial charge >= 0.3 is 0 Å². The van der Waals surface area contributed by atoms with E-state index in [1.807, 2.05) is 38.1 Å². The molecule has 0 unspecified atom stereocenters. The number of aromatic nitrogens is 1. The number of hydrogen-bond acceptors (Lipinski definition) is 3. The van der Waals surface area contributed by atoms with E-state index in [4.69, 9.17) is 0 Å². The fourth-order valence-electron chi connectivity index (χ4n) is 1.07. The number of Topliss-reactive ketones (excluding diaryl/α,β-unsaturated/α-hetero) is 1. The van der Waals surface area contributed by atoms with Crippen molar-refractivity contribution in [3.05, 3.63) is 29.6 Å². The number of nitrogens with zero attached hydrogens (tertiary/aromatic N) is 2. The Kier molecular flexibility index (Phi) is 3.14. The molecule has 1 aromatic rings. The SMILES string of the molecule is Cc1cccc(C(=O)CN(C)C)n1. The number of aryl methyl sites for hydroxylation is 1. The van der Waals surface area contributed by atoms with Crippen molar-refractivity contribution in [3.63, 3.8) is 0 Å². The predicted octanol–water partition coefficient (Wildman–Crippen LogP) is 1.13. The van der Waals surface area contributed by atoms with Crippen LogP contribution < -0.4 is 0 Å². The Morgan fingerprint density at radius 3 is 2.69 bits per heavy atom. The third-order valence-electron chi connectivity index (χ3n) is 1.63. The first-order valence-electron chi connectivity index (χ1n) is 4.21. The third-order valence-corrected chi connectivity index (χ3v) is 1.63. The molecule has 1 rings (SSSR count). The summed E-state index contributed by atoms with van der Waals surface area (Å²) in [6, 6.07) is 5.48. The number of carbonyl (C=O) groups is 1. The van der Waals surface area contributed by atoms with Crippen LogP contribution in [-0.2, 0) is 0 Å². The van der Waals surface area contributed by atoms with Gasteiger partial charge in [0.2, 0.25) is 0 Å². The van der Waals surface area contributed by atoms with Crippen molar-refractivity contribution in [2.45, 2.75) is 6.92 Å². The van der Waals surface area contributed by atoms with E-state index in [1.165, 1.54) is 0 Å². The molecule has 0 bridgehead atoms. The van der Waals surface area contributed by atoms with Crippen LogP contribution in [0.2, 0.25) is 0 Å². The maximum atomic E-state index is 11.5. The number of carbonyl (C=O) groups excluding carboxylic acids is 1. The van der Waals surface area contributed by atoms with E-state index in [-0.39, 0.29) is 5.78 Å². The number of ketones is 1. The van der Waals surface area contributed by atoms with Crippen LogP contribution >= 0.6 is 0 Å². The number of pyridine rings is 1. The normalized spacial score (nSPS) is 10.5. The first-order chi connectivity index (χ1) is 6.09. The molecule has 0 aliphatic carbocycles. The number of hydrogen-bond donors (Lipinski definition) is 0. The monoisotopic (exact) mass is 178 g/mol. The second kappa shape index (κ2) is 4.14. The molecule has 0 fully saturated rings. The lowest BCUT2D eigenvalue weighted by Gasteiger charge is -2.07. The van der Waals surface area contributed by atoms with Gasteiger partial charge in [-0.1, -0.05) is 6.07 Å². The van der Waals surface area contributed by atoms with Gasteiger partial charge in [0.05, 0.1) is 6.54 Å². The Morgan fingerprint density at radius 2 is 2.15 bits per heavy atom. The maximum absolute atomic E-state index is 11.5. The molecule has 13 heavy (non-hydrogen) atoms. The highest BCUT2D eigenvalue weighted by Crippen LogP contribution is 1.99. The van der Waals surface area contributed by atoms with Gasteiger partial charge in [0.15, 0.2) is 5.78 Å². The molecule has 0 amide bonds. The highest BCUT2D eigenvalue weighted by Gasteiger charge is 2.07. The van der Waals surface area contributed by atoms with E-state index in [0.29, 0.717) is 12.2 Å². The molecular weight excluding hydrogens is 164 g/mol. The van der Waals surface area contributed by atoms with Crippen molar-refractivity contribution in [2.75, 3.05) is 20.6 Å². The summed E-state index contributed by atoms with van der Waals surface area (Å²) >= 11 is 0. The predicted molar refractivity (Wildman–Crippen MR) is 51.9 cm³/mol. The quantitative estimate of drug-likeness (QED) is 0.651. The Hall–Kier alpha value is -1.22. The van der Waals surface area contributed by atoms with Crippen LogP contribution in [-0.4, -0.2) is 36.3 Å². The smallest absolute Gasteiger partial charge is 0.195 e. The van der Waals surface area contributed by atoms with E-state index >= 15 is 0 Å². The topological polar surface area (TPSA) is 33.2 Å². The van der Waals surface area contributed by atoms with Crippen molar-refractivity contribution < 1.29 is 4.79 Å². The van der Waals surface area contributed by atoms with Gasteiger partial charge in [0.1, 0.15) is 5.69 Å². The highest BCUT2D eigenvalue weighted by atomic mass is 16.1. The summed E-state index contributed by atoms with van der Waals surface area (Å²) < 4.78 is 0. The molecule has 0 N–H and O–H groups in total. The summed E-state index contributed by atoms with van der Waals surface area (Å²) in [7, 11) is 3.74. The molecule has 70 valence electrons. The first-order valence-corrected chi connectivity index (χ1v) is 4.21. The summed E-state index contributed by atoms with van der Waals surface area (Å²) in [4.78, 5) is 17.5. The summed E-state index contributed by atoms with van der Waals surface area (Å²) in [5.74, 6) is 0.0636. The Bertz CT molecular complexity index is 308. The maximum Gasteiger partial charge on any atom is 0.195 e. The van der Waals surface area contributed by atoms with Gasteiger partial charge in [0, 0.05) is 5.69 Å². The standard InChI is InChI=1S/C10H14N2O/c1-8-5-4-6-9(11-8)10(13)7-12(2)3/h4-6H,7H2,1-3H3. The number of rotatable bonds is 3. The number of likely N-dealkylation sites (N-methyl/N-ethyl adjacent to an activating group) is 1. The van der Waals surface area contributed by atoms with Crippen molar-refractivity contribution in [2.24, 2.45) is 0 Å². The minimum atomic E-state index is 0.0636. The molecule has 3 heteroatoms. The van der Waals surface area contributed by atoms with Gasteiger partial charge in [-0.3, -0.25) is 4.79 Å². The van der Waals surface area contributed by atoms with E-state index in [1.54, 1.807) is 6.07 Å². The van der Waals surface area contributed by atoms with Crippen LogP contribution in [0.5, 0.6) is 0 Å². The van der Waals surface area contributed by atoms with Crippen LogP contribution in [0, 0.1) is 6.92 Å². The van der Waals surface area contributed by atoms with Crippen molar-refractivity contribution in [3.8, 4) is 0 Å². The molecule has 3 nitrogen and oxygen atoms in total. The molecule has 0 saturated carbocycles. The zero-order chi connectivity index (χ0) is 9.84. The molecule has 0 saturated heterocycles. The zero-order valence-corrected chi connectivity index (χ0v) is 8.24. The summed E-state index contributed by atoms with van der Waals surface area (Å²) in [5, 5.41) is 0. The fourth-order valence-corrected chi connectivity index (χ4v) is 1.07. The average molecular weight is 178 g/mol. The van der Waals surface area contributed by atoms with Crippen LogP contribution in [0.1, 0.15) is 16.2 Å². The average Bonchev–Trinajstić information content (AvgIpc) is 2.03. The minimum Gasteiger partial charge on any atom is -0.302 e. The second-order valence-electron chi connectivity index (χ2n) is 3.33. The lowest BCUT2D eigenvalue weighted by molar-refractivity contribution is 0.0953. The van der Waals surface area contributed by atoms with Gasteiger partial charge < -0.3 is 4.90 Å². The molecule has 0 aliphatic rings. The fraction of sp³-hybridized carbons (Fsp3) is 0.400. The lowest BCUT2D eigenvalue weighted by Crippen LogP contribution is -2.22. The van der Waals surface area contributed by atoms with Gasteiger partial charge in [0.25, 0.3) is 0 Å². The molecule has 0 radical (unpaired) electrons. The summed E-state index contributed by atoms with van der Waals surface area (Å²) in [6.07, 6.45) is 0. The van der Waals surface area contributed by atoms with Crippen LogP contribution in [0.15, 0.2) is 18.2 Å². The second-order valence-corrected chi connectivity index (χ2v) is 3.33. The zero-order valence-electron chi connectivity index (χ0n) is 8.24. The summed E-state index contributed by atoms with van der Waals surface area (Å²) in [6.45, 7) is 2.29. The molecule has 1 heterocycles. The van der Waals surface area contributed by atoms with Crippen molar-refractivity contribution in [1.82, 2.24) is 9.88 Å². The Labute approximate surface area is 78.4 Å². The van der Waals surface area contributed by atoms with Crippen LogP contribution in [0.25, 0.3) is 0 Å². The van der Waals surface area contributed by atoms with E-state index in [0.717, 1.165) is 5.69 Å². The molecule has 0 atom stereocenters. The molecular formula is C10H14N2O. The van der Waals surface area contributed by atoms with Gasteiger partial charge in [-0.05, 0) is 33.2 Å². The largest absolute Gasteiger partial charge is 0.302 e. The van der Waals surface area contributed by atoms with Crippen LogP contribution in [0.3, 0.4) is 0 Å². The van der Waals surface area contributed by atoms with E-state index in [9.17, 15) is 4.79 Å². The molecule has 0 aromatic carbocycles. The van der Waals surface area contributed by atoms with Gasteiger partial charge in [-0.2, -0.15) is 0 Å². The van der Waals surface area contributed by atoms with E-state index < -0.39 is 0 Å². The first kappa shape index (κ1) is 9.86. The lowest BCUT2D eigenvalue weighted by atomic mass is 10.2. The van der Waals surface area contributed by atoms with Gasteiger partial charge in [-0.25, -0.2) is 4.98 Å². The van der Waals surface area contributed by atoms with Crippen LogP contribution in [0.4, 0.5) is 0 Å². The molecule has 0 aliphatic heterocycles. The Morgan fingerprint density at radius 1 is 1.46 bits per heavy atom. The Balaban J connectivity index is 2.77. The van der Waals surface area contributed by atoms with E-state index in [2.05, 4.69) is 4.98 Å². The van der Waals surface area contributed by atoms with Crippen molar-refractivity contribution >= 4 is 5.78 Å². The molecule has 0 spiro atoms. The van der Waals surface area contributed by atoms with Crippen molar-refractivity contribution in [1.29, 1.82) is 0 Å². The minimum absolute atomic E-state index is 0.0636. The highest BCUT2D eigenvalue weighted by molar-refractivity contribution is 5.95. The molecule has 1 aromatic heterocycles.